The largest absolute Gasteiger partial charge is 0.448 e. The molecule has 8 heteroatoms. The predicted molar refractivity (Wildman–Crippen MR) is 77.6 cm³/mol. The Morgan fingerprint density at radius 3 is 2.43 bits per heavy atom. The zero-order chi connectivity index (χ0) is 15.6. The average Bonchev–Trinajstić information content (AvgIpc) is 2.41. The van der Waals surface area contributed by atoms with Gasteiger partial charge in [0, 0.05) is 16.7 Å². The summed E-state index contributed by atoms with van der Waals surface area (Å²) in [6.07, 6.45) is 0. The Hall–Kier alpha value is -2.80. The minimum Gasteiger partial charge on any atom is -0.448 e. The Kier molecular flexibility index (Phi) is 3.95. The summed E-state index contributed by atoms with van der Waals surface area (Å²) in [5.41, 5.74) is 10.7. The summed E-state index contributed by atoms with van der Waals surface area (Å²) in [6, 6.07) is 8.15. The van der Waals surface area contributed by atoms with Crippen LogP contribution >= 0.6 is 11.6 Å². The summed E-state index contributed by atoms with van der Waals surface area (Å²) in [5, 5.41) is 11.5. The first-order valence-electron chi connectivity index (χ1n) is 5.69. The van der Waals surface area contributed by atoms with E-state index in [-0.39, 0.29) is 28.4 Å². The molecule has 0 radical (unpaired) electrons. The van der Waals surface area contributed by atoms with Crippen molar-refractivity contribution in [3.63, 3.8) is 0 Å². The summed E-state index contributed by atoms with van der Waals surface area (Å²) in [4.78, 5) is 21.4. The second-order valence-corrected chi connectivity index (χ2v) is 4.52. The molecule has 0 atom stereocenters. The molecule has 0 bridgehead atoms. The molecule has 0 spiro atoms. The van der Waals surface area contributed by atoms with Crippen molar-refractivity contribution < 1.29 is 14.5 Å². The van der Waals surface area contributed by atoms with Gasteiger partial charge in [0.1, 0.15) is 0 Å². The quantitative estimate of drug-likeness (QED) is 0.511. The highest BCUT2D eigenvalue weighted by molar-refractivity contribution is 6.30. The van der Waals surface area contributed by atoms with E-state index >= 15 is 0 Å². The van der Waals surface area contributed by atoms with Gasteiger partial charge in [-0.05, 0) is 30.3 Å². The number of nitrogen functional groups attached to an aromatic ring is 1. The summed E-state index contributed by atoms with van der Waals surface area (Å²) < 4.78 is 5.41. The van der Waals surface area contributed by atoms with E-state index in [9.17, 15) is 14.9 Å². The lowest BCUT2D eigenvalue weighted by Gasteiger charge is -2.09. The SMILES string of the molecule is NC(=O)c1ccc(Oc2ccc(Cl)cc2N)c([N+](=O)[O-])c1. The molecule has 2 rings (SSSR count). The molecule has 0 aliphatic carbocycles. The Labute approximate surface area is 124 Å². The number of carbonyl (C=O) groups is 1. The van der Waals surface area contributed by atoms with Crippen molar-refractivity contribution in [1.29, 1.82) is 0 Å². The van der Waals surface area contributed by atoms with Crippen LogP contribution in [-0.2, 0) is 0 Å². The number of benzene rings is 2. The molecular weight excluding hydrogens is 298 g/mol. The molecule has 21 heavy (non-hydrogen) atoms. The van der Waals surface area contributed by atoms with Crippen molar-refractivity contribution in [2.45, 2.75) is 0 Å². The van der Waals surface area contributed by atoms with E-state index in [0.717, 1.165) is 6.07 Å². The lowest BCUT2D eigenvalue weighted by Crippen LogP contribution is -2.11. The molecule has 0 fully saturated rings. The van der Waals surface area contributed by atoms with E-state index < -0.39 is 10.8 Å². The van der Waals surface area contributed by atoms with E-state index in [1.807, 2.05) is 0 Å². The van der Waals surface area contributed by atoms with E-state index in [1.165, 1.54) is 30.3 Å². The molecule has 0 saturated heterocycles. The van der Waals surface area contributed by atoms with Crippen LogP contribution in [0.1, 0.15) is 10.4 Å². The first-order valence-corrected chi connectivity index (χ1v) is 6.07. The van der Waals surface area contributed by atoms with Crippen LogP contribution in [0.5, 0.6) is 11.5 Å². The summed E-state index contributed by atoms with van der Waals surface area (Å²) >= 11 is 5.76. The number of halogens is 1. The van der Waals surface area contributed by atoms with Crippen molar-refractivity contribution in [2.24, 2.45) is 5.73 Å². The fourth-order valence-electron chi connectivity index (χ4n) is 1.63. The normalized spacial score (nSPS) is 10.1. The highest BCUT2D eigenvalue weighted by Gasteiger charge is 2.19. The molecule has 0 aliphatic rings. The maximum Gasteiger partial charge on any atom is 0.312 e. The number of nitrogens with zero attached hydrogens (tertiary/aromatic N) is 1. The van der Waals surface area contributed by atoms with E-state index in [0.29, 0.717) is 5.02 Å². The van der Waals surface area contributed by atoms with Crippen LogP contribution in [-0.4, -0.2) is 10.8 Å². The van der Waals surface area contributed by atoms with Gasteiger partial charge < -0.3 is 16.2 Å². The van der Waals surface area contributed by atoms with Gasteiger partial charge in [0.2, 0.25) is 11.7 Å². The topological polar surface area (TPSA) is 121 Å². The van der Waals surface area contributed by atoms with Crippen LogP contribution < -0.4 is 16.2 Å². The minimum atomic E-state index is -0.768. The lowest BCUT2D eigenvalue weighted by molar-refractivity contribution is -0.385. The number of amides is 1. The lowest BCUT2D eigenvalue weighted by atomic mass is 10.2. The van der Waals surface area contributed by atoms with Crippen molar-refractivity contribution in [3.8, 4) is 11.5 Å². The number of ether oxygens (including phenoxy) is 1. The second-order valence-electron chi connectivity index (χ2n) is 4.09. The van der Waals surface area contributed by atoms with Gasteiger partial charge >= 0.3 is 5.69 Å². The zero-order valence-corrected chi connectivity index (χ0v) is 11.3. The molecule has 0 heterocycles. The number of primary amides is 1. The summed E-state index contributed by atoms with van der Waals surface area (Å²) in [6.45, 7) is 0. The molecule has 4 N–H and O–H groups in total. The van der Waals surface area contributed by atoms with E-state index in [2.05, 4.69) is 0 Å². The van der Waals surface area contributed by atoms with Gasteiger partial charge in [0.05, 0.1) is 10.6 Å². The summed E-state index contributed by atoms with van der Waals surface area (Å²) in [7, 11) is 0. The highest BCUT2D eigenvalue weighted by Crippen LogP contribution is 2.35. The second kappa shape index (κ2) is 5.68. The van der Waals surface area contributed by atoms with Crippen molar-refractivity contribution >= 4 is 28.9 Å². The van der Waals surface area contributed by atoms with E-state index in [1.54, 1.807) is 0 Å². The monoisotopic (exact) mass is 307 g/mol. The first-order chi connectivity index (χ1) is 9.88. The van der Waals surface area contributed by atoms with Crippen molar-refractivity contribution in [1.82, 2.24) is 0 Å². The van der Waals surface area contributed by atoms with Crippen molar-refractivity contribution in [2.75, 3.05) is 5.73 Å². The van der Waals surface area contributed by atoms with Gasteiger partial charge in [0.25, 0.3) is 0 Å². The Bertz CT molecular complexity index is 733. The Balaban J connectivity index is 2.44. The third kappa shape index (κ3) is 3.21. The Morgan fingerprint density at radius 2 is 1.86 bits per heavy atom. The molecule has 0 aliphatic heterocycles. The first kappa shape index (κ1) is 14.6. The maximum atomic E-state index is 11.1. The third-order valence-electron chi connectivity index (χ3n) is 2.63. The van der Waals surface area contributed by atoms with Gasteiger partial charge in [-0.2, -0.15) is 0 Å². The molecular formula is C13H10ClN3O4. The number of nitrogens with two attached hydrogens (primary N) is 2. The fraction of sp³-hybridized carbons (Fsp3) is 0. The number of anilines is 1. The van der Waals surface area contributed by atoms with Gasteiger partial charge in [-0.1, -0.05) is 11.6 Å². The highest BCUT2D eigenvalue weighted by atomic mass is 35.5. The molecule has 7 nitrogen and oxygen atoms in total. The van der Waals surface area contributed by atoms with Gasteiger partial charge in [-0.15, -0.1) is 0 Å². The molecule has 2 aromatic carbocycles. The standard InChI is InChI=1S/C13H10ClN3O4/c14-8-2-4-11(9(15)6-8)21-12-3-1-7(13(16)18)5-10(12)17(19)20/h1-6H,15H2,(H2,16,18). The molecule has 0 aromatic heterocycles. The number of carbonyl (C=O) groups excluding carboxylic acids is 1. The molecule has 0 unspecified atom stereocenters. The fourth-order valence-corrected chi connectivity index (χ4v) is 1.81. The number of hydrogen-bond acceptors (Lipinski definition) is 5. The number of hydrogen-bond donors (Lipinski definition) is 2. The Morgan fingerprint density at radius 1 is 1.19 bits per heavy atom. The third-order valence-corrected chi connectivity index (χ3v) is 2.87. The molecule has 0 saturated carbocycles. The predicted octanol–water partition coefficient (Wildman–Crippen LogP) is 2.72. The zero-order valence-electron chi connectivity index (χ0n) is 10.6. The van der Waals surface area contributed by atoms with Crippen molar-refractivity contribution in [3.05, 3.63) is 57.1 Å². The van der Waals surface area contributed by atoms with Crippen LogP contribution in [0.15, 0.2) is 36.4 Å². The molecule has 108 valence electrons. The van der Waals surface area contributed by atoms with Crippen LogP contribution in [0, 0.1) is 10.1 Å². The number of nitro benzene ring substituents is 1. The van der Waals surface area contributed by atoms with Gasteiger partial charge in [-0.25, -0.2) is 0 Å². The average molecular weight is 308 g/mol. The number of nitro groups is 1. The van der Waals surface area contributed by atoms with Gasteiger partial charge in [0.15, 0.2) is 5.75 Å². The van der Waals surface area contributed by atoms with Crippen LogP contribution in [0.2, 0.25) is 5.02 Å². The van der Waals surface area contributed by atoms with Crippen LogP contribution in [0.4, 0.5) is 11.4 Å². The molecule has 2 aromatic rings. The molecule has 1 amide bonds. The smallest absolute Gasteiger partial charge is 0.312 e. The number of rotatable bonds is 4. The van der Waals surface area contributed by atoms with E-state index in [4.69, 9.17) is 27.8 Å². The van der Waals surface area contributed by atoms with Crippen LogP contribution in [0.3, 0.4) is 0 Å². The summed E-state index contributed by atoms with van der Waals surface area (Å²) in [5.74, 6) is -0.607. The minimum absolute atomic E-state index is 0.0122. The van der Waals surface area contributed by atoms with Crippen LogP contribution in [0.25, 0.3) is 0 Å². The van der Waals surface area contributed by atoms with Gasteiger partial charge in [-0.3, -0.25) is 14.9 Å². The maximum absolute atomic E-state index is 11.1.